The summed E-state index contributed by atoms with van der Waals surface area (Å²) in [5, 5.41) is 2.87. The zero-order valence-corrected chi connectivity index (χ0v) is 19.5. The van der Waals surface area contributed by atoms with E-state index in [0.29, 0.717) is 56.9 Å². The van der Waals surface area contributed by atoms with E-state index in [1.165, 1.54) is 23.5 Å². The molecule has 0 atom stereocenters. The van der Waals surface area contributed by atoms with Crippen LogP contribution in [0.15, 0.2) is 45.9 Å². The van der Waals surface area contributed by atoms with E-state index >= 15 is 0 Å². The van der Waals surface area contributed by atoms with E-state index < -0.39 is 10.0 Å². The Kier molecular flexibility index (Phi) is 7.04. The third kappa shape index (κ3) is 5.06. The minimum Gasteiger partial charge on any atom is -0.495 e. The molecule has 9 nitrogen and oxygen atoms in total. The van der Waals surface area contributed by atoms with E-state index in [-0.39, 0.29) is 28.4 Å². The Morgan fingerprint density at radius 2 is 1.85 bits per heavy atom. The number of furan rings is 1. The molecule has 2 aliphatic heterocycles. The Bertz CT molecular complexity index is 1090. The molecule has 4 rings (SSSR count). The van der Waals surface area contributed by atoms with Crippen molar-refractivity contribution in [1.82, 2.24) is 14.5 Å². The predicted molar refractivity (Wildman–Crippen MR) is 120 cm³/mol. The number of sulfonamides is 1. The van der Waals surface area contributed by atoms with Gasteiger partial charge in [-0.15, -0.1) is 0 Å². The van der Waals surface area contributed by atoms with Gasteiger partial charge in [0.1, 0.15) is 16.4 Å². The van der Waals surface area contributed by atoms with Gasteiger partial charge in [-0.25, -0.2) is 8.42 Å². The molecular formula is C23H29N3O6S. The van der Waals surface area contributed by atoms with E-state index in [2.05, 4.69) is 5.32 Å². The van der Waals surface area contributed by atoms with E-state index in [9.17, 15) is 18.0 Å². The van der Waals surface area contributed by atoms with E-state index in [1.54, 1.807) is 29.4 Å². The third-order valence-electron chi connectivity index (χ3n) is 6.26. The normalized spacial score (nSPS) is 17.8. The number of carbonyl (C=O) groups is 2. The number of hydrogen-bond acceptors (Lipinski definition) is 6. The second-order valence-electron chi connectivity index (χ2n) is 8.34. The standard InChI is InChI=1S/C23H29N3O6S/c1-31-20-7-6-18(15-21(20)33(29,30)26-10-2-3-11-26)23(28)25-12-8-17(9-13-25)22(27)24-16-19-5-4-14-32-19/h4-7,14-15,17H,2-3,8-13,16H2,1H3,(H,24,27). The zero-order chi connectivity index (χ0) is 23.4. The fourth-order valence-electron chi connectivity index (χ4n) is 4.34. The molecule has 33 heavy (non-hydrogen) atoms. The molecule has 0 unspecified atom stereocenters. The van der Waals surface area contributed by atoms with Gasteiger partial charge in [-0.2, -0.15) is 4.31 Å². The number of methoxy groups -OCH3 is 1. The van der Waals surface area contributed by atoms with Crippen LogP contribution in [0.1, 0.15) is 41.8 Å². The first-order chi connectivity index (χ1) is 15.9. The van der Waals surface area contributed by atoms with Gasteiger partial charge >= 0.3 is 0 Å². The van der Waals surface area contributed by atoms with Crippen LogP contribution in [0.25, 0.3) is 0 Å². The SMILES string of the molecule is COc1ccc(C(=O)N2CCC(C(=O)NCc3ccco3)CC2)cc1S(=O)(=O)N1CCCC1. The number of carbonyl (C=O) groups excluding carboxylic acids is 2. The smallest absolute Gasteiger partial charge is 0.253 e. The second-order valence-corrected chi connectivity index (χ2v) is 10.2. The Hall–Kier alpha value is -2.85. The number of piperidine rings is 1. The van der Waals surface area contributed by atoms with Crippen molar-refractivity contribution in [3.63, 3.8) is 0 Å². The Morgan fingerprint density at radius 1 is 1.12 bits per heavy atom. The van der Waals surface area contributed by atoms with E-state index in [1.807, 2.05) is 0 Å². The Balaban J connectivity index is 1.41. The summed E-state index contributed by atoms with van der Waals surface area (Å²) < 4.78 is 38.1. The van der Waals surface area contributed by atoms with Crippen LogP contribution in [0.4, 0.5) is 0 Å². The number of nitrogens with one attached hydrogen (secondary N) is 1. The number of amides is 2. The molecule has 0 radical (unpaired) electrons. The van der Waals surface area contributed by atoms with Gasteiger partial charge in [0, 0.05) is 37.7 Å². The van der Waals surface area contributed by atoms with Gasteiger partial charge in [-0.3, -0.25) is 9.59 Å². The lowest BCUT2D eigenvalue weighted by Crippen LogP contribution is -2.43. The summed E-state index contributed by atoms with van der Waals surface area (Å²) in [6.45, 7) is 2.14. The molecule has 2 saturated heterocycles. The van der Waals surface area contributed by atoms with Crippen molar-refractivity contribution >= 4 is 21.8 Å². The quantitative estimate of drug-likeness (QED) is 0.658. The molecule has 1 aromatic carbocycles. The second kappa shape index (κ2) is 9.96. The fraction of sp³-hybridized carbons (Fsp3) is 0.478. The van der Waals surface area contributed by atoms with Crippen LogP contribution in [0, 0.1) is 5.92 Å². The molecule has 2 aliphatic rings. The van der Waals surface area contributed by atoms with Crippen molar-refractivity contribution in [3.05, 3.63) is 47.9 Å². The molecule has 0 saturated carbocycles. The van der Waals surface area contributed by atoms with Crippen molar-refractivity contribution in [2.45, 2.75) is 37.1 Å². The topological polar surface area (TPSA) is 109 Å². The van der Waals surface area contributed by atoms with Crippen molar-refractivity contribution in [3.8, 4) is 5.75 Å². The highest BCUT2D eigenvalue weighted by Gasteiger charge is 2.32. The van der Waals surface area contributed by atoms with Crippen LogP contribution < -0.4 is 10.1 Å². The lowest BCUT2D eigenvalue weighted by atomic mass is 9.95. The fourth-order valence-corrected chi connectivity index (χ4v) is 6.04. The molecule has 3 heterocycles. The van der Waals surface area contributed by atoms with Crippen LogP contribution in [-0.2, 0) is 21.4 Å². The molecule has 2 amide bonds. The molecule has 2 fully saturated rings. The van der Waals surface area contributed by atoms with Crippen LogP contribution in [-0.4, -0.2) is 62.7 Å². The minimum atomic E-state index is -3.74. The van der Waals surface area contributed by atoms with Crippen LogP contribution >= 0.6 is 0 Å². The summed E-state index contributed by atoms with van der Waals surface area (Å²) in [6.07, 6.45) is 4.30. The molecule has 0 aliphatic carbocycles. The van der Waals surface area contributed by atoms with Gasteiger partial charge in [-0.05, 0) is 56.0 Å². The van der Waals surface area contributed by atoms with Crippen molar-refractivity contribution in [2.24, 2.45) is 5.92 Å². The minimum absolute atomic E-state index is 0.0185. The maximum atomic E-state index is 13.1. The molecule has 10 heteroatoms. The van der Waals surface area contributed by atoms with Gasteiger partial charge < -0.3 is 19.4 Å². The molecule has 0 bridgehead atoms. The predicted octanol–water partition coefficient (Wildman–Crippen LogP) is 2.24. The highest BCUT2D eigenvalue weighted by atomic mass is 32.2. The van der Waals surface area contributed by atoms with Crippen LogP contribution in [0.3, 0.4) is 0 Å². The molecule has 0 spiro atoms. The molecule has 2 aromatic rings. The molecule has 178 valence electrons. The van der Waals surface area contributed by atoms with Crippen molar-refractivity contribution in [2.75, 3.05) is 33.3 Å². The van der Waals surface area contributed by atoms with Crippen molar-refractivity contribution in [1.29, 1.82) is 0 Å². The molecule has 1 N–H and O–H groups in total. The summed E-state index contributed by atoms with van der Waals surface area (Å²) in [5.41, 5.74) is 0.300. The first kappa shape index (κ1) is 23.3. The largest absolute Gasteiger partial charge is 0.495 e. The van der Waals surface area contributed by atoms with Gasteiger partial charge in [-0.1, -0.05) is 0 Å². The van der Waals surface area contributed by atoms with Gasteiger partial charge in [0.15, 0.2) is 0 Å². The van der Waals surface area contributed by atoms with E-state index in [0.717, 1.165) is 12.8 Å². The maximum absolute atomic E-state index is 13.1. The summed E-state index contributed by atoms with van der Waals surface area (Å²) >= 11 is 0. The number of ether oxygens (including phenoxy) is 1. The Morgan fingerprint density at radius 3 is 2.48 bits per heavy atom. The van der Waals surface area contributed by atoms with Crippen LogP contribution in [0.2, 0.25) is 0 Å². The number of hydrogen-bond donors (Lipinski definition) is 1. The molecule has 1 aromatic heterocycles. The van der Waals surface area contributed by atoms with Gasteiger partial charge in [0.05, 0.1) is 19.9 Å². The summed E-state index contributed by atoms with van der Waals surface area (Å²) in [4.78, 5) is 27.3. The number of likely N-dealkylation sites (tertiary alicyclic amines) is 1. The highest BCUT2D eigenvalue weighted by molar-refractivity contribution is 7.89. The van der Waals surface area contributed by atoms with Crippen LogP contribution in [0.5, 0.6) is 5.75 Å². The Labute approximate surface area is 193 Å². The third-order valence-corrected chi connectivity index (χ3v) is 8.18. The van der Waals surface area contributed by atoms with Gasteiger partial charge in [0.25, 0.3) is 5.91 Å². The molecular weight excluding hydrogens is 446 g/mol. The monoisotopic (exact) mass is 475 g/mol. The highest BCUT2D eigenvalue weighted by Crippen LogP contribution is 2.30. The average Bonchev–Trinajstić information content (AvgIpc) is 3.56. The number of nitrogens with zero attached hydrogens (tertiary/aromatic N) is 2. The lowest BCUT2D eigenvalue weighted by molar-refractivity contribution is -0.126. The number of benzene rings is 1. The average molecular weight is 476 g/mol. The summed E-state index contributed by atoms with van der Waals surface area (Å²) in [5.74, 6) is 0.443. The first-order valence-electron chi connectivity index (χ1n) is 11.2. The van der Waals surface area contributed by atoms with Gasteiger partial charge in [0.2, 0.25) is 15.9 Å². The van der Waals surface area contributed by atoms with Crippen molar-refractivity contribution < 1.29 is 27.2 Å². The summed E-state index contributed by atoms with van der Waals surface area (Å²) in [7, 11) is -2.32. The lowest BCUT2D eigenvalue weighted by Gasteiger charge is -2.31. The zero-order valence-electron chi connectivity index (χ0n) is 18.7. The van der Waals surface area contributed by atoms with E-state index in [4.69, 9.17) is 9.15 Å². The first-order valence-corrected chi connectivity index (χ1v) is 12.6. The summed E-state index contributed by atoms with van der Waals surface area (Å²) in [6, 6.07) is 8.11. The maximum Gasteiger partial charge on any atom is 0.253 e. The number of rotatable bonds is 7.